The Morgan fingerprint density at radius 3 is 3.06 bits per heavy atom. The number of rotatable bonds is 2. The van der Waals surface area contributed by atoms with Crippen LogP contribution in [-0.2, 0) is 6.42 Å². The number of H-pyrrole nitrogens is 2. The summed E-state index contributed by atoms with van der Waals surface area (Å²) >= 11 is 0. The van der Waals surface area contributed by atoms with Crippen LogP contribution in [0.3, 0.4) is 0 Å². The van der Waals surface area contributed by atoms with E-state index < -0.39 is 0 Å². The third-order valence-electron chi connectivity index (χ3n) is 2.54. The maximum atomic E-state index is 10.9. The van der Waals surface area contributed by atoms with Crippen LogP contribution in [0.4, 0.5) is 0 Å². The molecule has 1 aromatic carbocycles. The second-order valence-electron chi connectivity index (χ2n) is 3.73. The molecule has 0 unspecified atom stereocenters. The first-order valence-corrected chi connectivity index (χ1v) is 5.02. The molecule has 0 aliphatic heterocycles. The Balaban J connectivity index is 1.98. The van der Waals surface area contributed by atoms with E-state index in [1.807, 2.05) is 12.1 Å². The quantitative estimate of drug-likeness (QED) is 0.551. The van der Waals surface area contributed by atoms with Gasteiger partial charge >= 0.3 is 5.69 Å². The van der Waals surface area contributed by atoms with Crippen LogP contribution in [0, 0.1) is 0 Å². The number of nitrogens with one attached hydrogen (secondary N) is 2. The van der Waals surface area contributed by atoms with Crippen molar-refractivity contribution in [2.24, 2.45) is 0 Å². The Morgan fingerprint density at radius 2 is 2.29 bits per heavy atom. The molecule has 3 aromatic rings. The molecule has 2 heterocycles. The summed E-state index contributed by atoms with van der Waals surface area (Å²) in [6, 6.07) is 5.51. The van der Waals surface area contributed by atoms with Gasteiger partial charge in [-0.3, -0.25) is 4.98 Å². The molecule has 0 saturated carbocycles. The van der Waals surface area contributed by atoms with Gasteiger partial charge in [-0.05, 0) is 17.7 Å². The number of hydrogen-bond acceptors (Lipinski definition) is 4. The lowest BCUT2D eigenvalue weighted by Gasteiger charge is -1.98. The van der Waals surface area contributed by atoms with E-state index in [4.69, 9.17) is 0 Å². The Labute approximate surface area is 94.7 Å². The molecule has 17 heavy (non-hydrogen) atoms. The summed E-state index contributed by atoms with van der Waals surface area (Å²) in [5.74, 6) is 0.575. The number of nitrogens with zero attached hydrogens (tertiary/aromatic N) is 3. The van der Waals surface area contributed by atoms with Crippen LogP contribution in [0.25, 0.3) is 10.9 Å². The first kappa shape index (κ1) is 9.64. The summed E-state index contributed by atoms with van der Waals surface area (Å²) in [6.07, 6.45) is 2.09. The molecule has 7 nitrogen and oxygen atoms in total. The van der Waals surface area contributed by atoms with Crippen molar-refractivity contribution in [2.45, 2.75) is 6.42 Å². The maximum Gasteiger partial charge on any atom is 0.340 e. The van der Waals surface area contributed by atoms with E-state index in [1.165, 1.54) is 0 Å². The predicted molar refractivity (Wildman–Crippen MR) is 58.9 cm³/mol. The Morgan fingerprint density at radius 1 is 1.41 bits per heavy atom. The van der Waals surface area contributed by atoms with Gasteiger partial charge in [0.15, 0.2) is 0 Å². The third-order valence-corrected chi connectivity index (χ3v) is 2.54. The number of aromatic amines is 2. The molecule has 0 saturated heterocycles. The average molecular weight is 231 g/mol. The van der Waals surface area contributed by atoms with Crippen LogP contribution in [0.1, 0.15) is 11.4 Å². The molecule has 0 aliphatic carbocycles. The molecule has 0 spiro atoms. The van der Waals surface area contributed by atoms with Gasteiger partial charge in [-0.15, -0.1) is 9.94 Å². The van der Waals surface area contributed by atoms with Crippen molar-refractivity contribution in [3.05, 3.63) is 46.3 Å². The summed E-state index contributed by atoms with van der Waals surface area (Å²) in [6.45, 7) is 0. The average Bonchev–Trinajstić information content (AvgIpc) is 2.87. The standard InChI is InChI=1S/C10H9N5O2/c16-10-12-9(13-14-10)4-6-1-2-8-7(3-6)5-11-15(8)17/h1-3,5,17H,4H2,(H2,12,13,14,16). The second-order valence-corrected chi connectivity index (χ2v) is 3.73. The van der Waals surface area contributed by atoms with Crippen molar-refractivity contribution in [1.29, 1.82) is 0 Å². The number of benzene rings is 1. The van der Waals surface area contributed by atoms with Gasteiger partial charge in [0.05, 0.1) is 6.20 Å². The Bertz CT molecular complexity index is 723. The molecule has 3 rings (SSSR count). The van der Waals surface area contributed by atoms with Gasteiger partial charge in [-0.25, -0.2) is 9.89 Å². The monoisotopic (exact) mass is 231 g/mol. The van der Waals surface area contributed by atoms with E-state index >= 15 is 0 Å². The molecule has 3 N–H and O–H groups in total. The van der Waals surface area contributed by atoms with Crippen LogP contribution in [0.2, 0.25) is 0 Å². The van der Waals surface area contributed by atoms with Crippen molar-refractivity contribution in [3.8, 4) is 0 Å². The van der Waals surface area contributed by atoms with E-state index in [0.29, 0.717) is 17.8 Å². The maximum absolute atomic E-state index is 10.9. The van der Waals surface area contributed by atoms with E-state index in [-0.39, 0.29) is 5.69 Å². The zero-order chi connectivity index (χ0) is 11.8. The van der Waals surface area contributed by atoms with Gasteiger partial charge in [0, 0.05) is 11.8 Å². The summed E-state index contributed by atoms with van der Waals surface area (Å²) in [7, 11) is 0. The van der Waals surface area contributed by atoms with Gasteiger partial charge in [0.25, 0.3) is 0 Å². The van der Waals surface area contributed by atoms with Crippen LogP contribution in [0.5, 0.6) is 0 Å². The lowest BCUT2D eigenvalue weighted by Crippen LogP contribution is -2.01. The van der Waals surface area contributed by atoms with E-state index in [0.717, 1.165) is 15.8 Å². The third kappa shape index (κ3) is 1.67. The number of fused-ring (bicyclic) bond motifs is 1. The lowest BCUT2D eigenvalue weighted by atomic mass is 10.1. The molecular formula is C10H9N5O2. The highest BCUT2D eigenvalue weighted by Gasteiger charge is 2.04. The van der Waals surface area contributed by atoms with Gasteiger partial charge in [0.1, 0.15) is 11.3 Å². The molecule has 0 bridgehead atoms. The fourth-order valence-corrected chi connectivity index (χ4v) is 1.76. The summed E-state index contributed by atoms with van der Waals surface area (Å²) in [4.78, 5) is 14.3. The summed E-state index contributed by atoms with van der Waals surface area (Å²) in [5, 5.41) is 20.1. The van der Waals surface area contributed by atoms with Gasteiger partial charge in [0.2, 0.25) is 0 Å². The largest absolute Gasteiger partial charge is 0.411 e. The molecule has 7 heteroatoms. The van der Waals surface area contributed by atoms with Crippen LogP contribution < -0.4 is 5.69 Å². The van der Waals surface area contributed by atoms with Crippen molar-refractivity contribution in [3.63, 3.8) is 0 Å². The van der Waals surface area contributed by atoms with Crippen molar-refractivity contribution < 1.29 is 5.21 Å². The van der Waals surface area contributed by atoms with Crippen LogP contribution in [-0.4, -0.2) is 30.3 Å². The summed E-state index contributed by atoms with van der Waals surface area (Å²) < 4.78 is 0. The number of hydrogen-bond donors (Lipinski definition) is 3. The Hall–Kier alpha value is -2.57. The number of aromatic nitrogens is 5. The molecule has 0 aliphatic rings. The molecule has 2 aromatic heterocycles. The van der Waals surface area contributed by atoms with E-state index in [1.54, 1.807) is 12.3 Å². The van der Waals surface area contributed by atoms with Crippen LogP contribution in [0.15, 0.2) is 29.2 Å². The fourth-order valence-electron chi connectivity index (χ4n) is 1.76. The molecule has 0 radical (unpaired) electrons. The Kier molecular flexibility index (Phi) is 1.97. The molecule has 86 valence electrons. The first-order valence-electron chi connectivity index (χ1n) is 5.02. The minimum Gasteiger partial charge on any atom is -0.411 e. The predicted octanol–water partition coefficient (Wildman–Crippen LogP) is 0.276. The first-order chi connectivity index (χ1) is 8.22. The van der Waals surface area contributed by atoms with Crippen molar-refractivity contribution in [1.82, 2.24) is 25.1 Å². The van der Waals surface area contributed by atoms with Gasteiger partial charge < -0.3 is 5.21 Å². The highest BCUT2D eigenvalue weighted by Crippen LogP contribution is 2.15. The zero-order valence-corrected chi connectivity index (χ0v) is 8.71. The van der Waals surface area contributed by atoms with Gasteiger partial charge in [-0.2, -0.15) is 5.10 Å². The SMILES string of the molecule is O=c1[nH]nc(Cc2ccc3c(cnn3O)c2)[nH]1. The van der Waals surface area contributed by atoms with Crippen molar-refractivity contribution in [2.75, 3.05) is 0 Å². The molecule has 0 atom stereocenters. The van der Waals surface area contributed by atoms with E-state index in [2.05, 4.69) is 20.3 Å². The minimum absolute atomic E-state index is 0.316. The highest BCUT2D eigenvalue weighted by atomic mass is 16.5. The minimum atomic E-state index is -0.316. The molecular weight excluding hydrogens is 222 g/mol. The smallest absolute Gasteiger partial charge is 0.340 e. The van der Waals surface area contributed by atoms with E-state index in [9.17, 15) is 10.0 Å². The highest BCUT2D eigenvalue weighted by molar-refractivity contribution is 5.79. The molecule has 0 fully saturated rings. The summed E-state index contributed by atoms with van der Waals surface area (Å²) in [5.41, 5.74) is 1.31. The van der Waals surface area contributed by atoms with Crippen LogP contribution >= 0.6 is 0 Å². The normalized spacial score (nSPS) is 11.1. The lowest BCUT2D eigenvalue weighted by molar-refractivity contribution is 0.161. The topological polar surface area (TPSA) is 99.6 Å². The molecule has 0 amide bonds. The zero-order valence-electron chi connectivity index (χ0n) is 8.71. The fraction of sp³-hybridized carbons (Fsp3) is 0.100. The van der Waals surface area contributed by atoms with Crippen molar-refractivity contribution >= 4 is 10.9 Å². The second kappa shape index (κ2) is 3.48. The van der Waals surface area contributed by atoms with Gasteiger partial charge in [-0.1, -0.05) is 6.07 Å².